The fraction of sp³-hybridized carbons (Fsp3) is 0.481. The molecule has 1 aliphatic carbocycles. The van der Waals surface area contributed by atoms with Crippen LogP contribution in [0.4, 0.5) is 0 Å². The lowest BCUT2D eigenvalue weighted by molar-refractivity contribution is -0.151. The van der Waals surface area contributed by atoms with Gasteiger partial charge in [0.15, 0.2) is 5.60 Å². The molecule has 2 aromatic rings. The van der Waals surface area contributed by atoms with E-state index >= 15 is 0 Å². The lowest BCUT2D eigenvalue weighted by Crippen LogP contribution is -2.53. The van der Waals surface area contributed by atoms with Crippen molar-refractivity contribution in [1.82, 2.24) is 14.4 Å². The highest BCUT2D eigenvalue weighted by atomic mass is 16.5. The number of aromatic nitrogens is 1. The van der Waals surface area contributed by atoms with E-state index in [2.05, 4.69) is 21.7 Å². The van der Waals surface area contributed by atoms with Gasteiger partial charge in [0.1, 0.15) is 5.76 Å². The van der Waals surface area contributed by atoms with Gasteiger partial charge >= 0.3 is 0 Å². The maximum absolute atomic E-state index is 13.1. The number of primary amides is 1. The summed E-state index contributed by atoms with van der Waals surface area (Å²) in [6.07, 6.45) is 10.6. The molecule has 188 valence electrons. The largest absolute Gasteiger partial charge is 0.497 e. The molecule has 1 aliphatic heterocycles. The summed E-state index contributed by atoms with van der Waals surface area (Å²) in [5.74, 6) is 0.155. The maximum Gasteiger partial charge on any atom is 0.258 e. The smallest absolute Gasteiger partial charge is 0.258 e. The standard InChI is InChI=1S/C27H36N4O4/c1-29(2)26(33)27(35-4)12-7-23(34-3)18-21(27)9-13-30-14-10-22(11-15-30)31-16-8-19-5-6-20(25(28)32)17-24(19)31/h5-8,12,16-18,21-22H,9-11,13-15H2,1-4H3,(H2,28,32). The monoisotopic (exact) mass is 480 g/mol. The molecule has 0 saturated carbocycles. The van der Waals surface area contributed by atoms with E-state index in [9.17, 15) is 9.59 Å². The molecule has 4 rings (SSSR count). The third-order valence-electron chi connectivity index (χ3n) is 7.44. The van der Waals surface area contributed by atoms with Gasteiger partial charge in [-0.25, -0.2) is 0 Å². The number of hydrogen-bond donors (Lipinski definition) is 1. The number of carbonyl (C=O) groups excluding carboxylic acids is 2. The Hall–Kier alpha value is -3.10. The summed E-state index contributed by atoms with van der Waals surface area (Å²) < 4.78 is 13.6. The van der Waals surface area contributed by atoms with Crippen LogP contribution in [-0.2, 0) is 14.3 Å². The first-order valence-corrected chi connectivity index (χ1v) is 12.1. The van der Waals surface area contributed by atoms with Crippen LogP contribution in [0.2, 0.25) is 0 Å². The fourth-order valence-corrected chi connectivity index (χ4v) is 5.39. The molecular weight excluding hydrogens is 444 g/mol. The number of carbonyl (C=O) groups is 2. The molecule has 8 heteroatoms. The number of ether oxygens (including phenoxy) is 2. The Bertz CT molecular complexity index is 1140. The van der Waals surface area contributed by atoms with Crippen LogP contribution in [0.25, 0.3) is 10.9 Å². The van der Waals surface area contributed by atoms with Gasteiger partial charge in [-0.05, 0) is 67.6 Å². The van der Waals surface area contributed by atoms with E-state index in [1.807, 2.05) is 30.4 Å². The van der Waals surface area contributed by atoms with Gasteiger partial charge in [-0.2, -0.15) is 0 Å². The molecule has 1 fully saturated rings. The molecule has 2 atom stereocenters. The van der Waals surface area contributed by atoms with Crippen molar-refractivity contribution in [1.29, 1.82) is 0 Å². The van der Waals surface area contributed by atoms with E-state index in [-0.39, 0.29) is 11.8 Å². The number of allylic oxidation sites excluding steroid dienone is 1. The second-order valence-corrected chi connectivity index (χ2v) is 9.63. The maximum atomic E-state index is 13.1. The predicted molar refractivity (Wildman–Crippen MR) is 136 cm³/mol. The first-order chi connectivity index (χ1) is 16.8. The predicted octanol–water partition coefficient (Wildman–Crippen LogP) is 2.96. The number of rotatable bonds is 8. The van der Waals surface area contributed by atoms with Crippen molar-refractivity contribution in [3.8, 4) is 0 Å². The van der Waals surface area contributed by atoms with Gasteiger partial charge in [0, 0.05) is 63.5 Å². The quantitative estimate of drug-likeness (QED) is 0.628. The fourth-order valence-electron chi connectivity index (χ4n) is 5.39. The summed E-state index contributed by atoms with van der Waals surface area (Å²) in [6, 6.07) is 8.10. The van der Waals surface area contributed by atoms with Crippen LogP contribution in [0, 0.1) is 5.92 Å². The number of hydrogen-bond acceptors (Lipinski definition) is 5. The number of piperidine rings is 1. The number of likely N-dealkylation sites (N-methyl/N-ethyl adjacent to an activating group) is 1. The minimum absolute atomic E-state index is 0.0684. The van der Waals surface area contributed by atoms with Crippen LogP contribution in [0.15, 0.2) is 54.4 Å². The molecule has 0 radical (unpaired) electrons. The zero-order valence-electron chi connectivity index (χ0n) is 21.1. The van der Waals surface area contributed by atoms with Gasteiger partial charge in [0.05, 0.1) is 7.11 Å². The zero-order chi connectivity index (χ0) is 25.2. The molecule has 1 aromatic heterocycles. The molecule has 2 heterocycles. The second-order valence-electron chi connectivity index (χ2n) is 9.63. The molecule has 2 unspecified atom stereocenters. The van der Waals surface area contributed by atoms with Crippen LogP contribution in [0.5, 0.6) is 0 Å². The van der Waals surface area contributed by atoms with E-state index in [0.717, 1.165) is 55.6 Å². The molecule has 2 amide bonds. The molecule has 2 N–H and O–H groups in total. The molecule has 1 saturated heterocycles. The molecule has 35 heavy (non-hydrogen) atoms. The first-order valence-electron chi connectivity index (χ1n) is 12.1. The molecular formula is C27H36N4O4. The van der Waals surface area contributed by atoms with Crippen LogP contribution < -0.4 is 5.73 Å². The van der Waals surface area contributed by atoms with Crippen molar-refractivity contribution in [3.05, 3.63) is 60.0 Å². The van der Waals surface area contributed by atoms with Gasteiger partial charge in [-0.3, -0.25) is 9.59 Å². The second kappa shape index (κ2) is 10.3. The van der Waals surface area contributed by atoms with Gasteiger partial charge in [-0.15, -0.1) is 0 Å². The van der Waals surface area contributed by atoms with Crippen molar-refractivity contribution in [2.45, 2.75) is 30.9 Å². The van der Waals surface area contributed by atoms with E-state index < -0.39 is 11.5 Å². The van der Waals surface area contributed by atoms with E-state index in [1.165, 1.54) is 0 Å². The topological polar surface area (TPSA) is 90.0 Å². The first kappa shape index (κ1) is 25.0. The summed E-state index contributed by atoms with van der Waals surface area (Å²) in [7, 11) is 6.75. The third kappa shape index (κ3) is 4.86. The zero-order valence-corrected chi connectivity index (χ0v) is 21.1. The number of nitrogens with two attached hydrogens (primary N) is 1. The summed E-state index contributed by atoms with van der Waals surface area (Å²) in [5, 5.41) is 1.12. The normalized spacial score (nSPS) is 23.3. The van der Waals surface area contributed by atoms with Crippen molar-refractivity contribution >= 4 is 22.7 Å². The molecule has 1 aromatic carbocycles. The summed E-state index contributed by atoms with van der Waals surface area (Å²) in [4.78, 5) is 28.8. The Morgan fingerprint density at radius 3 is 2.54 bits per heavy atom. The SMILES string of the molecule is COC1=CC(CCN2CCC(n3ccc4ccc(C(N)=O)cc43)CC2)C(OC)(C(=O)N(C)C)C=C1. The Kier molecular flexibility index (Phi) is 7.33. The van der Waals surface area contributed by atoms with E-state index in [4.69, 9.17) is 15.2 Å². The Morgan fingerprint density at radius 1 is 1.17 bits per heavy atom. The summed E-state index contributed by atoms with van der Waals surface area (Å²) in [5.41, 5.74) is 6.06. The van der Waals surface area contributed by atoms with Gasteiger partial charge in [-0.1, -0.05) is 6.07 Å². The van der Waals surface area contributed by atoms with Crippen LogP contribution >= 0.6 is 0 Å². The summed E-state index contributed by atoms with van der Waals surface area (Å²) >= 11 is 0. The van der Waals surface area contributed by atoms with E-state index in [1.54, 1.807) is 39.3 Å². The van der Waals surface area contributed by atoms with Crippen LogP contribution in [-0.4, -0.2) is 79.7 Å². The number of nitrogens with zero attached hydrogens (tertiary/aromatic N) is 3. The Labute approximate surface area is 206 Å². The highest BCUT2D eigenvalue weighted by Gasteiger charge is 2.46. The lowest BCUT2D eigenvalue weighted by atomic mass is 9.79. The molecule has 2 aliphatic rings. The number of fused-ring (bicyclic) bond motifs is 1. The van der Waals surface area contributed by atoms with Crippen molar-refractivity contribution in [2.75, 3.05) is 47.9 Å². The minimum Gasteiger partial charge on any atom is -0.497 e. The summed E-state index contributed by atoms with van der Waals surface area (Å²) in [6.45, 7) is 2.79. The molecule has 8 nitrogen and oxygen atoms in total. The highest BCUT2D eigenvalue weighted by molar-refractivity contribution is 5.97. The average Bonchev–Trinajstić information content (AvgIpc) is 3.30. The van der Waals surface area contributed by atoms with Crippen molar-refractivity contribution < 1.29 is 19.1 Å². The van der Waals surface area contributed by atoms with Gasteiger partial charge < -0.3 is 29.6 Å². The Morgan fingerprint density at radius 2 is 1.91 bits per heavy atom. The molecule has 0 bridgehead atoms. The Balaban J connectivity index is 1.42. The third-order valence-corrected chi connectivity index (χ3v) is 7.44. The van der Waals surface area contributed by atoms with Crippen LogP contribution in [0.3, 0.4) is 0 Å². The number of methoxy groups -OCH3 is 2. The lowest BCUT2D eigenvalue weighted by Gasteiger charge is -2.40. The molecule has 0 spiro atoms. The average molecular weight is 481 g/mol. The minimum atomic E-state index is -1.02. The van der Waals surface area contributed by atoms with Gasteiger partial charge in [0.25, 0.3) is 5.91 Å². The van der Waals surface area contributed by atoms with Gasteiger partial charge in [0.2, 0.25) is 5.91 Å². The van der Waals surface area contributed by atoms with Crippen molar-refractivity contribution in [3.63, 3.8) is 0 Å². The van der Waals surface area contributed by atoms with Crippen molar-refractivity contribution in [2.24, 2.45) is 11.7 Å². The number of likely N-dealkylation sites (tertiary alicyclic amines) is 1. The van der Waals surface area contributed by atoms with E-state index in [0.29, 0.717) is 11.6 Å². The number of benzene rings is 1. The highest BCUT2D eigenvalue weighted by Crippen LogP contribution is 2.35. The number of amides is 2. The van der Waals surface area contributed by atoms with Crippen LogP contribution in [0.1, 0.15) is 35.7 Å².